The van der Waals surface area contributed by atoms with E-state index in [2.05, 4.69) is 53.7 Å². The van der Waals surface area contributed by atoms with Crippen molar-refractivity contribution >= 4 is 0 Å². The zero-order valence-corrected chi connectivity index (χ0v) is 12.4. The van der Waals surface area contributed by atoms with Gasteiger partial charge in [-0.1, -0.05) is 46.8 Å². The quantitative estimate of drug-likeness (QED) is 0.664. The molecule has 1 aromatic rings. The van der Waals surface area contributed by atoms with Gasteiger partial charge in [0.15, 0.2) is 0 Å². The second kappa shape index (κ2) is 3.31. The molecular formula is C17H24O. The molecule has 1 heterocycles. The maximum Gasteiger partial charge on any atom is 0.127 e. The van der Waals surface area contributed by atoms with Gasteiger partial charge in [0.2, 0.25) is 0 Å². The first kappa shape index (κ1) is 12.1. The van der Waals surface area contributed by atoms with Gasteiger partial charge in [-0.05, 0) is 34.8 Å². The molecular weight excluding hydrogens is 220 g/mol. The van der Waals surface area contributed by atoms with E-state index in [9.17, 15) is 0 Å². The summed E-state index contributed by atoms with van der Waals surface area (Å²) in [7, 11) is 0. The molecule has 0 saturated carbocycles. The molecule has 1 heteroatoms. The fourth-order valence-electron chi connectivity index (χ4n) is 4.00. The van der Waals surface area contributed by atoms with Gasteiger partial charge < -0.3 is 4.74 Å². The molecule has 1 aliphatic heterocycles. The fourth-order valence-corrected chi connectivity index (χ4v) is 4.00. The third-order valence-electron chi connectivity index (χ3n) is 5.57. The average Bonchev–Trinajstić information content (AvgIpc) is 2.70. The first-order valence-corrected chi connectivity index (χ1v) is 7.09. The molecule has 0 spiro atoms. The van der Waals surface area contributed by atoms with Gasteiger partial charge in [-0.15, -0.1) is 0 Å². The van der Waals surface area contributed by atoms with Crippen LogP contribution in [0.2, 0.25) is 0 Å². The summed E-state index contributed by atoms with van der Waals surface area (Å²) in [5.41, 5.74) is 4.81. The highest BCUT2D eigenvalue weighted by atomic mass is 16.5. The van der Waals surface area contributed by atoms with Crippen molar-refractivity contribution in [2.24, 2.45) is 5.92 Å². The number of rotatable bonds is 0. The number of hydrogen-bond acceptors (Lipinski definition) is 1. The second-order valence-electron chi connectivity index (χ2n) is 7.27. The van der Waals surface area contributed by atoms with E-state index < -0.39 is 0 Å². The summed E-state index contributed by atoms with van der Waals surface area (Å²) >= 11 is 0. The number of hydrogen-bond donors (Lipinski definition) is 0. The minimum absolute atomic E-state index is 0.203. The van der Waals surface area contributed by atoms with Crippen LogP contribution in [0.4, 0.5) is 0 Å². The lowest BCUT2D eigenvalue weighted by molar-refractivity contribution is 0.237. The van der Waals surface area contributed by atoms with Crippen LogP contribution in [0.25, 0.3) is 0 Å². The molecule has 0 N–H and O–H groups in total. The Morgan fingerprint density at radius 1 is 1.06 bits per heavy atom. The molecule has 2 atom stereocenters. The van der Waals surface area contributed by atoms with E-state index in [0.29, 0.717) is 12.0 Å². The van der Waals surface area contributed by atoms with Gasteiger partial charge in [-0.2, -0.15) is 0 Å². The number of ether oxygens (including phenoxy) is 1. The molecule has 0 aromatic heterocycles. The molecule has 0 radical (unpaired) electrons. The number of fused-ring (bicyclic) bond motifs is 3. The Bertz CT molecular complexity index is 511. The molecule has 0 fully saturated rings. The van der Waals surface area contributed by atoms with Crippen LogP contribution >= 0.6 is 0 Å². The van der Waals surface area contributed by atoms with Crippen molar-refractivity contribution in [3.63, 3.8) is 0 Å². The minimum atomic E-state index is 0.203. The highest BCUT2D eigenvalue weighted by Crippen LogP contribution is 2.57. The molecule has 1 nitrogen and oxygen atoms in total. The normalized spacial score (nSPS) is 30.8. The largest absolute Gasteiger partial charge is 0.490 e. The van der Waals surface area contributed by atoms with Crippen molar-refractivity contribution in [3.8, 4) is 5.75 Å². The third kappa shape index (κ3) is 1.28. The Morgan fingerprint density at radius 2 is 1.72 bits per heavy atom. The molecule has 1 aliphatic carbocycles. The molecule has 0 amide bonds. The Hall–Kier alpha value is -0.980. The summed E-state index contributed by atoms with van der Waals surface area (Å²) in [6.07, 6.45) is 1.40. The van der Waals surface area contributed by atoms with E-state index >= 15 is 0 Å². The first-order chi connectivity index (χ1) is 8.26. The minimum Gasteiger partial charge on any atom is -0.490 e. The molecule has 2 unspecified atom stereocenters. The number of benzene rings is 1. The summed E-state index contributed by atoms with van der Waals surface area (Å²) in [6.45, 7) is 14.0. The first-order valence-electron chi connectivity index (χ1n) is 7.09. The third-order valence-corrected chi connectivity index (χ3v) is 5.57. The molecule has 0 saturated heterocycles. The van der Waals surface area contributed by atoms with E-state index in [-0.39, 0.29) is 10.8 Å². The SMILES string of the molecule is CC1Cc2ccc3c(c2O1)C(C)(C)C(C)C3(C)C. The predicted molar refractivity (Wildman–Crippen MR) is 75.5 cm³/mol. The van der Waals surface area contributed by atoms with Gasteiger partial charge in [0.05, 0.1) is 0 Å². The Balaban J connectivity index is 2.29. The van der Waals surface area contributed by atoms with Gasteiger partial charge in [-0.3, -0.25) is 0 Å². The average molecular weight is 244 g/mol. The van der Waals surface area contributed by atoms with Gasteiger partial charge in [0.1, 0.15) is 11.9 Å². The Morgan fingerprint density at radius 3 is 2.39 bits per heavy atom. The molecule has 3 rings (SSSR count). The van der Waals surface area contributed by atoms with Crippen LogP contribution in [0, 0.1) is 5.92 Å². The summed E-state index contributed by atoms with van der Waals surface area (Å²) in [4.78, 5) is 0. The monoisotopic (exact) mass is 244 g/mol. The van der Waals surface area contributed by atoms with Gasteiger partial charge in [-0.25, -0.2) is 0 Å². The van der Waals surface area contributed by atoms with Crippen LogP contribution in [0.15, 0.2) is 12.1 Å². The summed E-state index contributed by atoms with van der Waals surface area (Å²) in [5, 5.41) is 0. The predicted octanol–water partition coefficient (Wildman–Crippen LogP) is 4.21. The van der Waals surface area contributed by atoms with Crippen molar-refractivity contribution in [2.45, 2.75) is 64.9 Å². The van der Waals surface area contributed by atoms with Crippen molar-refractivity contribution in [1.82, 2.24) is 0 Å². The van der Waals surface area contributed by atoms with E-state index in [1.54, 1.807) is 0 Å². The Kier molecular flexibility index (Phi) is 2.22. The van der Waals surface area contributed by atoms with Crippen molar-refractivity contribution in [2.75, 3.05) is 0 Å². The van der Waals surface area contributed by atoms with Crippen LogP contribution in [0.1, 0.15) is 58.2 Å². The van der Waals surface area contributed by atoms with Crippen molar-refractivity contribution in [3.05, 3.63) is 28.8 Å². The van der Waals surface area contributed by atoms with Crippen LogP contribution in [0.3, 0.4) is 0 Å². The molecule has 1 aromatic carbocycles. The van der Waals surface area contributed by atoms with E-state index in [0.717, 1.165) is 6.42 Å². The summed E-state index contributed by atoms with van der Waals surface area (Å²) < 4.78 is 6.13. The zero-order chi connectivity index (χ0) is 13.3. The topological polar surface area (TPSA) is 9.23 Å². The van der Waals surface area contributed by atoms with Crippen LogP contribution in [-0.4, -0.2) is 6.10 Å². The van der Waals surface area contributed by atoms with E-state index in [1.807, 2.05) is 0 Å². The van der Waals surface area contributed by atoms with E-state index in [4.69, 9.17) is 4.74 Å². The standard InChI is InChI=1S/C17H24O/c1-10-9-12-7-8-13-14(15(12)18-10)17(5,6)11(2)16(13,3)4/h7-8,10-11H,9H2,1-6H3. The molecule has 18 heavy (non-hydrogen) atoms. The van der Waals surface area contributed by atoms with Gasteiger partial charge in [0.25, 0.3) is 0 Å². The molecule has 2 aliphatic rings. The molecule has 0 bridgehead atoms. The second-order valence-corrected chi connectivity index (χ2v) is 7.27. The van der Waals surface area contributed by atoms with Crippen LogP contribution < -0.4 is 4.74 Å². The van der Waals surface area contributed by atoms with Gasteiger partial charge >= 0.3 is 0 Å². The van der Waals surface area contributed by atoms with Crippen LogP contribution in [0.5, 0.6) is 5.75 Å². The lowest BCUT2D eigenvalue weighted by atomic mass is 9.71. The summed E-state index contributed by atoms with van der Waals surface area (Å²) in [6, 6.07) is 4.63. The summed E-state index contributed by atoms with van der Waals surface area (Å²) in [5.74, 6) is 1.83. The maximum absolute atomic E-state index is 6.13. The lowest BCUT2D eigenvalue weighted by Gasteiger charge is -2.33. The highest BCUT2D eigenvalue weighted by Gasteiger charge is 2.51. The highest BCUT2D eigenvalue weighted by molar-refractivity contribution is 5.58. The Labute approximate surface area is 111 Å². The fraction of sp³-hybridized carbons (Fsp3) is 0.647. The lowest BCUT2D eigenvalue weighted by Crippen LogP contribution is -2.31. The molecule has 98 valence electrons. The van der Waals surface area contributed by atoms with E-state index in [1.165, 1.54) is 22.4 Å². The van der Waals surface area contributed by atoms with Crippen molar-refractivity contribution in [1.29, 1.82) is 0 Å². The smallest absolute Gasteiger partial charge is 0.127 e. The maximum atomic E-state index is 6.13. The van der Waals surface area contributed by atoms with Gasteiger partial charge in [0, 0.05) is 12.0 Å². The zero-order valence-electron chi connectivity index (χ0n) is 12.4. The van der Waals surface area contributed by atoms with Crippen LogP contribution in [-0.2, 0) is 17.3 Å². The van der Waals surface area contributed by atoms with Crippen molar-refractivity contribution < 1.29 is 4.74 Å².